The maximum atomic E-state index is 13.1. The molecule has 0 bridgehead atoms. The molecule has 2 unspecified atom stereocenters. The summed E-state index contributed by atoms with van der Waals surface area (Å²) in [6.45, 7) is 14.4. The van der Waals surface area contributed by atoms with E-state index in [-0.39, 0.29) is 38.4 Å². The molecule has 0 aliphatic heterocycles. The van der Waals surface area contributed by atoms with Crippen molar-refractivity contribution in [3.8, 4) is 0 Å². The highest BCUT2D eigenvalue weighted by Crippen LogP contribution is 1.94. The third kappa shape index (κ3) is 34.9. The van der Waals surface area contributed by atoms with E-state index in [0.717, 1.165) is 12.3 Å². The molecule has 2 atom stereocenters. The van der Waals surface area contributed by atoms with E-state index < -0.39 is 6.17 Å². The van der Waals surface area contributed by atoms with Crippen LogP contribution in [0.15, 0.2) is 0 Å². The van der Waals surface area contributed by atoms with Crippen molar-refractivity contribution < 1.29 is 42.4 Å². The van der Waals surface area contributed by atoms with Crippen molar-refractivity contribution in [2.24, 2.45) is 5.92 Å². The van der Waals surface area contributed by atoms with Crippen LogP contribution in [0.3, 0.4) is 0 Å². The number of carbonyl (C=O) groups excluding carboxylic acids is 2. The summed E-state index contributed by atoms with van der Waals surface area (Å²) in [6, 6.07) is 0. The topological polar surface area (TPSA) is 114 Å². The number of halogens is 1. The van der Waals surface area contributed by atoms with Gasteiger partial charge in [-0.15, -0.1) is 0 Å². The summed E-state index contributed by atoms with van der Waals surface area (Å²) in [4.78, 5) is 21.5. The van der Waals surface area contributed by atoms with Crippen molar-refractivity contribution in [1.29, 1.82) is 0 Å². The van der Waals surface area contributed by atoms with Gasteiger partial charge in [-0.25, -0.2) is 4.39 Å². The lowest BCUT2D eigenvalue weighted by atomic mass is 10.3. The number of ether oxygens (including phenoxy) is 6. The zero-order valence-electron chi connectivity index (χ0n) is 22.4. The number of hydrogen-bond acceptors (Lipinski definition) is 8. The van der Waals surface area contributed by atoms with Gasteiger partial charge in [0.2, 0.25) is 12.3 Å². The van der Waals surface area contributed by atoms with Crippen LogP contribution in [-0.4, -0.2) is 110 Å². The molecule has 0 aliphatic rings. The van der Waals surface area contributed by atoms with Gasteiger partial charge in [-0.1, -0.05) is 27.7 Å². The molecule has 0 aromatic rings. The van der Waals surface area contributed by atoms with Gasteiger partial charge in [-0.05, 0) is 19.3 Å². The average Bonchev–Trinajstić information content (AvgIpc) is 2.82. The van der Waals surface area contributed by atoms with E-state index in [9.17, 15) is 14.0 Å². The molecule has 0 aromatic carbocycles. The molecule has 11 heteroatoms. The first kappa shape index (κ1) is 35.8. The molecule has 0 heterocycles. The molecule has 0 spiro atoms. The summed E-state index contributed by atoms with van der Waals surface area (Å²) < 4.78 is 44.9. The summed E-state index contributed by atoms with van der Waals surface area (Å²) >= 11 is 0. The Morgan fingerprint density at radius 3 is 1.74 bits per heavy atom. The molecule has 35 heavy (non-hydrogen) atoms. The van der Waals surface area contributed by atoms with Crippen LogP contribution >= 0.6 is 0 Å². The minimum Gasteiger partial charge on any atom is -0.377 e. The van der Waals surface area contributed by atoms with Gasteiger partial charge in [0.1, 0.15) is 12.8 Å². The molecule has 2 amide bonds. The zero-order chi connectivity index (χ0) is 26.6. The second-order valence-corrected chi connectivity index (χ2v) is 8.26. The van der Waals surface area contributed by atoms with E-state index >= 15 is 0 Å². The molecule has 0 radical (unpaired) electrons. The number of rotatable bonds is 24. The van der Waals surface area contributed by atoms with E-state index in [2.05, 4.69) is 31.4 Å². The minimum absolute atomic E-state index is 0.0565. The Labute approximate surface area is 210 Å². The van der Waals surface area contributed by atoms with Gasteiger partial charge in [-0.2, -0.15) is 0 Å². The van der Waals surface area contributed by atoms with Crippen LogP contribution < -0.4 is 10.6 Å². The van der Waals surface area contributed by atoms with E-state index in [4.69, 9.17) is 28.4 Å². The van der Waals surface area contributed by atoms with Crippen LogP contribution in [0, 0.1) is 5.92 Å². The van der Waals surface area contributed by atoms with Crippen LogP contribution in [0.5, 0.6) is 0 Å². The second-order valence-electron chi connectivity index (χ2n) is 8.26. The molecule has 0 fully saturated rings. The molecule has 210 valence electrons. The number of carbonyl (C=O) groups is 2. The highest BCUT2D eigenvalue weighted by atomic mass is 19.1. The first-order chi connectivity index (χ1) is 16.8. The van der Waals surface area contributed by atoms with Crippen LogP contribution in [-0.2, 0) is 38.0 Å². The zero-order valence-corrected chi connectivity index (χ0v) is 22.4. The molecule has 0 aromatic heterocycles. The van der Waals surface area contributed by atoms with Crippen molar-refractivity contribution >= 4 is 12.3 Å². The Hall–Kier alpha value is -1.37. The number of amides is 2. The molecule has 0 rings (SSSR count). The van der Waals surface area contributed by atoms with Crippen molar-refractivity contribution in [3.63, 3.8) is 0 Å². The quantitative estimate of drug-likeness (QED) is 0.149. The predicted molar refractivity (Wildman–Crippen MR) is 132 cm³/mol. The van der Waals surface area contributed by atoms with Gasteiger partial charge in [0.25, 0.3) is 0 Å². The summed E-state index contributed by atoms with van der Waals surface area (Å²) in [7, 11) is 0. The second kappa shape index (κ2) is 28.9. The molecule has 0 aliphatic carbocycles. The van der Waals surface area contributed by atoms with E-state index in [0.29, 0.717) is 65.8 Å². The van der Waals surface area contributed by atoms with Crippen LogP contribution in [0.1, 0.15) is 41.0 Å². The Morgan fingerprint density at radius 2 is 1.29 bits per heavy atom. The molecule has 2 N–H and O–H groups in total. The SMILES string of the molecule is CC(C)C.CCC(C)OCC(=O)NCCOCCOCCOCCOCCOCC(F)CNC=O. The molecule has 0 saturated heterocycles. The Bertz CT molecular complexity index is 458. The minimum atomic E-state index is -1.22. The standard InChI is InChI=1S/C20H39FN2O8.C4H10/c1-3-18(2)31-16-20(25)23-4-5-26-6-7-27-8-9-28-10-11-29-12-13-30-15-19(21)14-22-17-24;1-4(2)3/h17-19H,3-16H2,1-2H3,(H,22,24)(H,23,25);4H,1-3H3. The monoisotopic (exact) mass is 512 g/mol. The molecule has 0 saturated carbocycles. The fourth-order valence-corrected chi connectivity index (χ4v) is 1.98. The predicted octanol–water partition coefficient (Wildman–Crippen LogP) is 1.75. The molecule has 10 nitrogen and oxygen atoms in total. The number of alkyl halides is 1. The van der Waals surface area contributed by atoms with Crippen molar-refractivity contribution in [1.82, 2.24) is 10.6 Å². The van der Waals surface area contributed by atoms with E-state index in [1.54, 1.807) is 0 Å². The summed E-state index contributed by atoms with van der Waals surface area (Å²) in [6.07, 6.45) is 0.179. The summed E-state index contributed by atoms with van der Waals surface area (Å²) in [5.41, 5.74) is 0. The first-order valence-corrected chi connectivity index (χ1v) is 12.4. The van der Waals surface area contributed by atoms with Crippen LogP contribution in [0.25, 0.3) is 0 Å². The molecular formula is C24H49FN2O8. The third-order valence-corrected chi connectivity index (χ3v) is 3.85. The maximum absolute atomic E-state index is 13.1. The fourth-order valence-electron chi connectivity index (χ4n) is 1.98. The van der Waals surface area contributed by atoms with Crippen LogP contribution in [0.4, 0.5) is 4.39 Å². The maximum Gasteiger partial charge on any atom is 0.246 e. The van der Waals surface area contributed by atoms with Crippen molar-refractivity contribution in [3.05, 3.63) is 0 Å². The van der Waals surface area contributed by atoms with Gasteiger partial charge < -0.3 is 39.1 Å². The van der Waals surface area contributed by atoms with Gasteiger partial charge in [0, 0.05) is 6.54 Å². The highest BCUT2D eigenvalue weighted by molar-refractivity contribution is 5.77. The average molecular weight is 513 g/mol. The van der Waals surface area contributed by atoms with Gasteiger partial charge in [0.15, 0.2) is 0 Å². The normalized spacial score (nSPS) is 12.5. The lowest BCUT2D eigenvalue weighted by Crippen LogP contribution is -2.32. The van der Waals surface area contributed by atoms with E-state index in [1.807, 2.05) is 13.8 Å². The van der Waals surface area contributed by atoms with Gasteiger partial charge in [-0.3, -0.25) is 9.59 Å². The van der Waals surface area contributed by atoms with Gasteiger partial charge >= 0.3 is 0 Å². The highest BCUT2D eigenvalue weighted by Gasteiger charge is 2.05. The lowest BCUT2D eigenvalue weighted by Gasteiger charge is -2.11. The molecular weight excluding hydrogens is 463 g/mol. The fraction of sp³-hybridized carbons (Fsp3) is 0.917. The Morgan fingerprint density at radius 1 is 0.829 bits per heavy atom. The van der Waals surface area contributed by atoms with Crippen molar-refractivity contribution in [2.75, 3.05) is 85.8 Å². The smallest absolute Gasteiger partial charge is 0.246 e. The Balaban J connectivity index is 0. The summed E-state index contributed by atoms with van der Waals surface area (Å²) in [5.74, 6) is 0.686. The van der Waals surface area contributed by atoms with Gasteiger partial charge in [0.05, 0.1) is 78.7 Å². The van der Waals surface area contributed by atoms with E-state index in [1.165, 1.54) is 0 Å². The van der Waals surface area contributed by atoms with Crippen LogP contribution in [0.2, 0.25) is 0 Å². The Kier molecular flexibility index (Phi) is 29.5. The number of nitrogens with one attached hydrogen (secondary N) is 2. The number of hydrogen-bond donors (Lipinski definition) is 2. The van der Waals surface area contributed by atoms with Crippen molar-refractivity contribution in [2.45, 2.75) is 53.3 Å². The summed E-state index contributed by atoms with van der Waals surface area (Å²) in [5, 5.41) is 4.97. The largest absolute Gasteiger partial charge is 0.377 e. The lowest BCUT2D eigenvalue weighted by molar-refractivity contribution is -0.127. The third-order valence-electron chi connectivity index (χ3n) is 3.85. The first-order valence-electron chi connectivity index (χ1n) is 12.4.